The zero-order chi connectivity index (χ0) is 12.1. The lowest BCUT2D eigenvalue weighted by Gasteiger charge is -2.30. The van der Waals surface area contributed by atoms with Crippen LogP contribution in [-0.4, -0.2) is 41.0 Å². The van der Waals surface area contributed by atoms with Gasteiger partial charge in [0.05, 0.1) is 5.92 Å². The monoisotopic (exact) mass is 228 g/mol. The van der Waals surface area contributed by atoms with Crippen molar-refractivity contribution in [2.45, 2.75) is 38.6 Å². The largest absolute Gasteiger partial charge is 0.481 e. The highest BCUT2D eigenvalue weighted by Gasteiger charge is 2.27. The molecule has 0 bridgehead atoms. The lowest BCUT2D eigenvalue weighted by Crippen LogP contribution is -2.42. The van der Waals surface area contributed by atoms with E-state index in [2.05, 4.69) is 0 Å². The molecule has 1 fully saturated rings. The molecule has 1 heterocycles. The molecule has 0 aromatic carbocycles. The molecule has 1 rings (SSSR count). The van der Waals surface area contributed by atoms with Crippen LogP contribution in [0.2, 0.25) is 0 Å². The van der Waals surface area contributed by atoms with Gasteiger partial charge in [0.15, 0.2) is 0 Å². The van der Waals surface area contributed by atoms with E-state index in [1.807, 2.05) is 6.92 Å². The first kappa shape index (κ1) is 13.0. The quantitative estimate of drug-likeness (QED) is 0.731. The Bertz CT molecular complexity index is 266. The molecule has 0 aromatic heterocycles. The van der Waals surface area contributed by atoms with Gasteiger partial charge in [0.25, 0.3) is 0 Å². The third kappa shape index (κ3) is 3.81. The van der Waals surface area contributed by atoms with Gasteiger partial charge < -0.3 is 15.7 Å². The molecule has 1 aliphatic heterocycles. The normalized spacial score (nSPS) is 22.9. The van der Waals surface area contributed by atoms with Crippen LogP contribution in [-0.2, 0) is 9.59 Å². The van der Waals surface area contributed by atoms with Crippen molar-refractivity contribution in [1.29, 1.82) is 0 Å². The van der Waals surface area contributed by atoms with Crippen molar-refractivity contribution in [3.05, 3.63) is 0 Å². The Morgan fingerprint density at radius 2 is 2.25 bits per heavy atom. The highest BCUT2D eigenvalue weighted by Crippen LogP contribution is 2.17. The highest BCUT2D eigenvalue weighted by molar-refractivity contribution is 5.78. The Labute approximate surface area is 95.6 Å². The van der Waals surface area contributed by atoms with Gasteiger partial charge in [-0.25, -0.2) is 0 Å². The lowest BCUT2D eigenvalue weighted by molar-refractivity contribution is -0.145. The molecule has 0 radical (unpaired) electrons. The average Bonchev–Trinajstić information content (AvgIpc) is 2.26. The number of hydrogen-bond acceptors (Lipinski definition) is 3. The fraction of sp³-hybridized carbons (Fsp3) is 0.818. The zero-order valence-electron chi connectivity index (χ0n) is 9.69. The number of aliphatic carboxylic acids is 1. The molecule has 5 heteroatoms. The minimum absolute atomic E-state index is 0.0176. The van der Waals surface area contributed by atoms with Crippen molar-refractivity contribution >= 4 is 11.9 Å². The van der Waals surface area contributed by atoms with Crippen LogP contribution in [0.5, 0.6) is 0 Å². The lowest BCUT2D eigenvalue weighted by atomic mass is 9.98. The van der Waals surface area contributed by atoms with Gasteiger partial charge in [0.1, 0.15) is 0 Å². The fourth-order valence-corrected chi connectivity index (χ4v) is 1.91. The van der Waals surface area contributed by atoms with E-state index in [1.165, 1.54) is 0 Å². The smallest absolute Gasteiger partial charge is 0.308 e. The summed E-state index contributed by atoms with van der Waals surface area (Å²) in [6.07, 6.45) is 2.53. The summed E-state index contributed by atoms with van der Waals surface area (Å²) >= 11 is 0. The highest BCUT2D eigenvalue weighted by atomic mass is 16.4. The van der Waals surface area contributed by atoms with Crippen LogP contribution < -0.4 is 5.73 Å². The van der Waals surface area contributed by atoms with E-state index in [-0.39, 0.29) is 11.9 Å². The molecule has 2 atom stereocenters. The van der Waals surface area contributed by atoms with E-state index < -0.39 is 11.9 Å². The summed E-state index contributed by atoms with van der Waals surface area (Å²) in [4.78, 5) is 24.2. The average molecular weight is 228 g/mol. The molecular formula is C11H20N2O3. The van der Waals surface area contributed by atoms with Gasteiger partial charge in [-0.3, -0.25) is 9.59 Å². The third-order valence-corrected chi connectivity index (χ3v) is 2.94. The van der Waals surface area contributed by atoms with Gasteiger partial charge in [0, 0.05) is 25.6 Å². The maximum atomic E-state index is 11.7. The summed E-state index contributed by atoms with van der Waals surface area (Å²) < 4.78 is 0. The van der Waals surface area contributed by atoms with Crippen molar-refractivity contribution in [1.82, 2.24) is 4.90 Å². The van der Waals surface area contributed by atoms with Crippen molar-refractivity contribution in [3.63, 3.8) is 0 Å². The van der Waals surface area contributed by atoms with Gasteiger partial charge >= 0.3 is 5.97 Å². The summed E-state index contributed by atoms with van der Waals surface area (Å²) in [5.74, 6) is -1.17. The number of carbonyl (C=O) groups excluding carboxylic acids is 1. The van der Waals surface area contributed by atoms with Gasteiger partial charge in [-0.1, -0.05) is 0 Å². The maximum Gasteiger partial charge on any atom is 0.308 e. The molecule has 92 valence electrons. The summed E-state index contributed by atoms with van der Waals surface area (Å²) in [5, 5.41) is 8.90. The van der Waals surface area contributed by atoms with Gasteiger partial charge in [0.2, 0.25) is 5.91 Å². The SMILES string of the molecule is CC(N)CCC(=O)N1CCCC(C(=O)O)C1. The van der Waals surface area contributed by atoms with Crippen LogP contribution in [0.3, 0.4) is 0 Å². The van der Waals surface area contributed by atoms with Crippen LogP contribution in [0, 0.1) is 5.92 Å². The Morgan fingerprint density at radius 1 is 1.56 bits per heavy atom. The molecule has 0 saturated carbocycles. The molecule has 16 heavy (non-hydrogen) atoms. The first-order chi connectivity index (χ1) is 7.50. The Hall–Kier alpha value is -1.10. The van der Waals surface area contributed by atoms with Crippen molar-refractivity contribution in [2.75, 3.05) is 13.1 Å². The van der Waals surface area contributed by atoms with Crippen LogP contribution in [0.15, 0.2) is 0 Å². The molecule has 5 nitrogen and oxygen atoms in total. The standard InChI is InChI=1S/C11H20N2O3/c1-8(12)4-5-10(14)13-6-2-3-9(7-13)11(15)16/h8-9H,2-7,12H2,1H3,(H,15,16). The molecular weight excluding hydrogens is 208 g/mol. The van der Waals surface area contributed by atoms with E-state index in [9.17, 15) is 9.59 Å². The van der Waals surface area contributed by atoms with E-state index in [0.29, 0.717) is 32.4 Å². The molecule has 3 N–H and O–H groups in total. The van der Waals surface area contributed by atoms with E-state index in [0.717, 1.165) is 6.42 Å². The number of nitrogens with zero attached hydrogens (tertiary/aromatic N) is 1. The van der Waals surface area contributed by atoms with Crippen LogP contribution >= 0.6 is 0 Å². The third-order valence-electron chi connectivity index (χ3n) is 2.94. The van der Waals surface area contributed by atoms with E-state index >= 15 is 0 Å². The van der Waals surface area contributed by atoms with Crippen LogP contribution in [0.1, 0.15) is 32.6 Å². The first-order valence-electron chi connectivity index (χ1n) is 5.77. The zero-order valence-corrected chi connectivity index (χ0v) is 9.69. The molecule has 0 aromatic rings. The van der Waals surface area contributed by atoms with Gasteiger partial charge in [-0.15, -0.1) is 0 Å². The van der Waals surface area contributed by atoms with Crippen molar-refractivity contribution < 1.29 is 14.7 Å². The number of carbonyl (C=O) groups is 2. The Morgan fingerprint density at radius 3 is 2.81 bits per heavy atom. The summed E-state index contributed by atoms with van der Waals surface area (Å²) in [7, 11) is 0. The number of rotatable bonds is 4. The molecule has 2 unspecified atom stereocenters. The molecule has 0 spiro atoms. The van der Waals surface area contributed by atoms with Gasteiger partial charge in [-0.05, 0) is 26.2 Å². The number of carboxylic acid groups (broad SMARTS) is 1. The molecule has 1 aliphatic rings. The Balaban J connectivity index is 2.41. The second kappa shape index (κ2) is 5.84. The number of amides is 1. The number of carboxylic acids is 1. The van der Waals surface area contributed by atoms with Crippen molar-refractivity contribution in [2.24, 2.45) is 11.7 Å². The van der Waals surface area contributed by atoms with E-state index in [4.69, 9.17) is 10.8 Å². The van der Waals surface area contributed by atoms with E-state index in [1.54, 1.807) is 4.90 Å². The van der Waals surface area contributed by atoms with Gasteiger partial charge in [-0.2, -0.15) is 0 Å². The second-order valence-electron chi connectivity index (χ2n) is 4.53. The fourth-order valence-electron chi connectivity index (χ4n) is 1.91. The summed E-state index contributed by atoms with van der Waals surface area (Å²) in [5.41, 5.74) is 5.58. The number of nitrogens with two attached hydrogens (primary N) is 1. The Kier molecular flexibility index (Phi) is 4.73. The predicted molar refractivity (Wildman–Crippen MR) is 59.8 cm³/mol. The first-order valence-corrected chi connectivity index (χ1v) is 5.77. The molecule has 1 amide bonds. The molecule has 0 aliphatic carbocycles. The number of likely N-dealkylation sites (tertiary alicyclic amines) is 1. The maximum absolute atomic E-state index is 11.7. The number of hydrogen-bond donors (Lipinski definition) is 2. The summed E-state index contributed by atoms with van der Waals surface area (Å²) in [6.45, 7) is 2.90. The second-order valence-corrected chi connectivity index (χ2v) is 4.53. The predicted octanol–water partition coefficient (Wildman–Crippen LogP) is 0.437. The summed E-state index contributed by atoms with van der Waals surface area (Å²) in [6, 6.07) is 0.0176. The minimum Gasteiger partial charge on any atom is -0.481 e. The molecule has 1 saturated heterocycles. The van der Waals surface area contributed by atoms with Crippen LogP contribution in [0.4, 0.5) is 0 Å². The topological polar surface area (TPSA) is 83.6 Å². The minimum atomic E-state index is -0.801. The number of piperidine rings is 1. The van der Waals surface area contributed by atoms with Crippen molar-refractivity contribution in [3.8, 4) is 0 Å². The van der Waals surface area contributed by atoms with Crippen LogP contribution in [0.25, 0.3) is 0 Å².